The second kappa shape index (κ2) is 16.8. The van der Waals surface area contributed by atoms with Crippen LogP contribution in [0.4, 0.5) is 0 Å². The Kier molecular flexibility index (Phi) is 13.8. The van der Waals surface area contributed by atoms with Crippen LogP contribution in [0.25, 0.3) is 11.1 Å². The first-order valence-corrected chi connectivity index (χ1v) is 13.4. The monoisotopic (exact) mass is 509 g/mol. The fourth-order valence-electron chi connectivity index (χ4n) is 4.33. The van der Waals surface area contributed by atoms with E-state index in [4.69, 9.17) is 10.8 Å². The summed E-state index contributed by atoms with van der Waals surface area (Å²) in [5, 5.41) is 11.9. The standard InChI is InChI=1S/C30H43N3O4/c1-23(35)30(37)28(8-4-6-20-32-21-22-34)33(2)29(36)18-13-25-11-16-27(17-12-25)26-14-9-24(10-15-26)7-3-5-19-31/h9-12,14-17,28,32,34H,3-8,13,18-22,31H2,1-2H3/t28-/m0/s1. The zero-order valence-corrected chi connectivity index (χ0v) is 22.4. The molecule has 1 atom stereocenters. The summed E-state index contributed by atoms with van der Waals surface area (Å²) in [5.74, 6) is -1.19. The Balaban J connectivity index is 1.89. The number of aliphatic hydroxyl groups excluding tert-OH is 1. The number of aryl methyl sites for hydroxylation is 2. The van der Waals surface area contributed by atoms with Gasteiger partial charge < -0.3 is 21.1 Å². The molecule has 4 N–H and O–H groups in total. The lowest BCUT2D eigenvalue weighted by Gasteiger charge is -2.26. The molecule has 0 unspecified atom stereocenters. The molecule has 0 aromatic heterocycles. The van der Waals surface area contributed by atoms with E-state index in [-0.39, 0.29) is 18.9 Å². The Morgan fingerprint density at radius 2 is 1.46 bits per heavy atom. The molecule has 2 aromatic carbocycles. The number of unbranched alkanes of at least 4 members (excludes halogenated alkanes) is 2. The number of benzene rings is 2. The van der Waals surface area contributed by atoms with Gasteiger partial charge in [0.25, 0.3) is 0 Å². The SMILES string of the molecule is CC(=O)C(=O)[C@H](CCCCNCCO)N(C)C(=O)CCc1ccc(-c2ccc(CCCCN)cc2)cc1. The van der Waals surface area contributed by atoms with Crippen molar-refractivity contribution in [3.05, 3.63) is 59.7 Å². The largest absolute Gasteiger partial charge is 0.395 e. The van der Waals surface area contributed by atoms with Crippen LogP contribution < -0.4 is 11.1 Å². The third-order valence-corrected chi connectivity index (χ3v) is 6.67. The first-order chi connectivity index (χ1) is 17.9. The summed E-state index contributed by atoms with van der Waals surface area (Å²) in [7, 11) is 1.61. The zero-order valence-electron chi connectivity index (χ0n) is 22.4. The number of nitrogens with one attached hydrogen (secondary N) is 1. The summed E-state index contributed by atoms with van der Waals surface area (Å²) >= 11 is 0. The maximum absolute atomic E-state index is 12.9. The predicted octanol–water partition coefficient (Wildman–Crippen LogP) is 3.30. The molecule has 37 heavy (non-hydrogen) atoms. The van der Waals surface area contributed by atoms with E-state index in [0.717, 1.165) is 48.9 Å². The maximum Gasteiger partial charge on any atom is 0.223 e. The molecule has 0 saturated carbocycles. The second-order valence-corrected chi connectivity index (χ2v) is 9.55. The van der Waals surface area contributed by atoms with Crippen LogP contribution in [0.1, 0.15) is 56.6 Å². The van der Waals surface area contributed by atoms with Crippen LogP contribution in [0, 0.1) is 0 Å². The first kappa shape index (κ1) is 30.4. The smallest absolute Gasteiger partial charge is 0.223 e. The third-order valence-electron chi connectivity index (χ3n) is 6.67. The van der Waals surface area contributed by atoms with E-state index in [1.807, 2.05) is 12.1 Å². The van der Waals surface area contributed by atoms with Crippen molar-refractivity contribution in [1.29, 1.82) is 0 Å². The van der Waals surface area contributed by atoms with Gasteiger partial charge in [0.15, 0.2) is 5.78 Å². The second-order valence-electron chi connectivity index (χ2n) is 9.55. The van der Waals surface area contributed by atoms with Gasteiger partial charge in [-0.25, -0.2) is 0 Å². The van der Waals surface area contributed by atoms with Gasteiger partial charge in [0.05, 0.1) is 12.6 Å². The van der Waals surface area contributed by atoms with Gasteiger partial charge in [0, 0.05) is 26.9 Å². The minimum absolute atomic E-state index is 0.0779. The number of ketones is 2. The minimum atomic E-state index is -0.733. The van der Waals surface area contributed by atoms with Gasteiger partial charge in [-0.3, -0.25) is 14.4 Å². The fourth-order valence-corrected chi connectivity index (χ4v) is 4.33. The molecular formula is C30H43N3O4. The van der Waals surface area contributed by atoms with E-state index >= 15 is 0 Å². The number of nitrogens with zero attached hydrogens (tertiary/aromatic N) is 1. The van der Waals surface area contributed by atoms with Crippen molar-refractivity contribution in [3.8, 4) is 11.1 Å². The minimum Gasteiger partial charge on any atom is -0.395 e. The number of carbonyl (C=O) groups is 3. The molecule has 0 saturated heterocycles. The van der Waals surface area contributed by atoms with Crippen LogP contribution >= 0.6 is 0 Å². The lowest BCUT2D eigenvalue weighted by molar-refractivity contribution is -0.143. The molecule has 7 nitrogen and oxygen atoms in total. The summed E-state index contributed by atoms with van der Waals surface area (Å²) < 4.78 is 0. The Labute approximate surface area is 221 Å². The molecule has 0 fully saturated rings. The Morgan fingerprint density at radius 3 is 2.00 bits per heavy atom. The molecule has 2 aromatic rings. The fraction of sp³-hybridized carbons (Fsp3) is 0.500. The average Bonchev–Trinajstić information content (AvgIpc) is 2.91. The Bertz CT molecular complexity index is 973. The molecule has 7 heteroatoms. The molecule has 0 aliphatic carbocycles. The molecule has 202 valence electrons. The lowest BCUT2D eigenvalue weighted by Crippen LogP contribution is -2.44. The average molecular weight is 510 g/mol. The maximum atomic E-state index is 12.9. The number of amides is 1. The summed E-state index contributed by atoms with van der Waals surface area (Å²) in [4.78, 5) is 38.6. The molecule has 0 spiro atoms. The third kappa shape index (κ3) is 10.6. The van der Waals surface area contributed by atoms with Gasteiger partial charge in [-0.2, -0.15) is 0 Å². The highest BCUT2D eigenvalue weighted by atomic mass is 16.3. The van der Waals surface area contributed by atoms with E-state index in [0.29, 0.717) is 32.4 Å². The molecule has 0 aliphatic rings. The van der Waals surface area contributed by atoms with E-state index < -0.39 is 17.6 Å². The normalized spacial score (nSPS) is 11.8. The molecule has 2 rings (SSSR count). The van der Waals surface area contributed by atoms with Crippen molar-refractivity contribution in [1.82, 2.24) is 10.2 Å². The van der Waals surface area contributed by atoms with Crippen LogP contribution in [0.15, 0.2) is 48.5 Å². The number of aliphatic hydroxyl groups is 1. The van der Waals surface area contributed by atoms with Crippen LogP contribution in [0.2, 0.25) is 0 Å². The number of Topliss-reactive ketones (excluding diaryl/α,β-unsaturated/α-hetero) is 2. The topological polar surface area (TPSA) is 113 Å². The van der Waals surface area contributed by atoms with E-state index in [1.54, 1.807) is 7.05 Å². The highest BCUT2D eigenvalue weighted by molar-refractivity contribution is 6.38. The highest BCUT2D eigenvalue weighted by Crippen LogP contribution is 2.22. The molecule has 0 aliphatic heterocycles. The van der Waals surface area contributed by atoms with Crippen molar-refractivity contribution < 1.29 is 19.5 Å². The molecule has 1 amide bonds. The molecule has 0 heterocycles. The Hall–Kier alpha value is -2.87. The zero-order chi connectivity index (χ0) is 27.0. The summed E-state index contributed by atoms with van der Waals surface area (Å²) in [6.07, 6.45) is 5.97. The van der Waals surface area contributed by atoms with Crippen molar-refractivity contribution >= 4 is 17.5 Å². The number of nitrogens with two attached hydrogens (primary N) is 1. The van der Waals surface area contributed by atoms with Gasteiger partial charge >= 0.3 is 0 Å². The molecule has 0 bridgehead atoms. The van der Waals surface area contributed by atoms with Crippen molar-refractivity contribution in [2.24, 2.45) is 5.73 Å². The van der Waals surface area contributed by atoms with Crippen molar-refractivity contribution in [2.75, 3.05) is 33.3 Å². The summed E-state index contributed by atoms with van der Waals surface area (Å²) in [5.41, 5.74) is 10.2. The van der Waals surface area contributed by atoms with E-state index in [2.05, 4.69) is 41.7 Å². The summed E-state index contributed by atoms with van der Waals surface area (Å²) in [6.45, 7) is 3.31. The van der Waals surface area contributed by atoms with Crippen LogP contribution in [-0.2, 0) is 27.2 Å². The number of hydrogen-bond acceptors (Lipinski definition) is 6. The summed E-state index contributed by atoms with van der Waals surface area (Å²) in [6, 6.07) is 16.1. The number of likely N-dealkylation sites (N-methyl/N-ethyl adjacent to an activating group) is 1. The van der Waals surface area contributed by atoms with Crippen LogP contribution in [-0.4, -0.2) is 66.8 Å². The van der Waals surface area contributed by atoms with Crippen LogP contribution in [0.3, 0.4) is 0 Å². The van der Waals surface area contributed by atoms with Crippen molar-refractivity contribution in [3.63, 3.8) is 0 Å². The Morgan fingerprint density at radius 1 is 0.865 bits per heavy atom. The van der Waals surface area contributed by atoms with Gasteiger partial charge in [0.1, 0.15) is 0 Å². The van der Waals surface area contributed by atoms with E-state index in [9.17, 15) is 14.4 Å². The van der Waals surface area contributed by atoms with Crippen molar-refractivity contribution in [2.45, 2.75) is 64.3 Å². The van der Waals surface area contributed by atoms with Gasteiger partial charge in [-0.1, -0.05) is 48.5 Å². The molecular weight excluding hydrogens is 466 g/mol. The quantitative estimate of drug-likeness (QED) is 0.210. The van der Waals surface area contributed by atoms with Gasteiger partial charge in [-0.05, 0) is 80.3 Å². The predicted molar refractivity (Wildman–Crippen MR) is 148 cm³/mol. The highest BCUT2D eigenvalue weighted by Gasteiger charge is 2.28. The van der Waals surface area contributed by atoms with E-state index in [1.165, 1.54) is 17.4 Å². The number of rotatable bonds is 18. The lowest BCUT2D eigenvalue weighted by atomic mass is 9.99. The first-order valence-electron chi connectivity index (χ1n) is 13.4. The number of hydrogen-bond donors (Lipinski definition) is 3. The molecule has 0 radical (unpaired) electrons. The van der Waals surface area contributed by atoms with Gasteiger partial charge in [-0.15, -0.1) is 0 Å². The van der Waals surface area contributed by atoms with Crippen LogP contribution in [0.5, 0.6) is 0 Å². The van der Waals surface area contributed by atoms with Gasteiger partial charge in [0.2, 0.25) is 11.7 Å². The number of carbonyl (C=O) groups excluding carboxylic acids is 3.